The summed E-state index contributed by atoms with van der Waals surface area (Å²) in [6.07, 6.45) is 29.9. The van der Waals surface area contributed by atoms with Crippen LogP contribution in [0.4, 0.5) is 0 Å². The summed E-state index contributed by atoms with van der Waals surface area (Å²) in [6, 6.07) is 91.9. The molecule has 0 aliphatic carbocycles. The van der Waals surface area contributed by atoms with Crippen LogP contribution in [0.2, 0.25) is 0 Å². The number of hydrogen-bond donors (Lipinski definition) is 0. The van der Waals surface area contributed by atoms with Crippen LogP contribution in [0.25, 0.3) is 66.2 Å². The van der Waals surface area contributed by atoms with Crippen LogP contribution in [0.5, 0.6) is 0 Å². The minimum absolute atomic E-state index is 0.805. The van der Waals surface area contributed by atoms with Gasteiger partial charge in [0.25, 0.3) is 0 Å². The lowest BCUT2D eigenvalue weighted by Gasteiger charge is -2.04. The minimum atomic E-state index is 0.805. The Morgan fingerprint density at radius 3 is 0.667 bits per heavy atom. The van der Waals surface area contributed by atoms with E-state index in [-0.39, 0.29) is 0 Å². The quantitative estimate of drug-likeness (QED) is 0.0713. The SMILES string of the molecule is CC.CC.CC.CC.CC.CC.CC.CC.CC.CC.CC.CC.CC.CC.CC.CCc1ccc(-c2ccc(CC)cc2)cc1.CCc1ccc(-c2ccc(CC)cn2)cc1.CCc1ccc(-c2ncc(CC)cn2)cc1.CCc1ccc(CC)cc1.CCc1ccc(Cc2ccc(CC)cn2)cc1.CCc1ccc2cc(CC)ccc2c1.CCc1ccc2cc(CC)ncc2c1.CCc1cnc2cc(CC)ccc2c1. The maximum Gasteiger partial charge on any atom is 0.159 e. The standard InChI is InChI=1S/C16H19N.C16H18.C15H17N.C14H16N2.C14H16.2C13H15N.C10H14.15C2H6/c1-3-13-5-7-15(8-6-13)11-16-10-9-14(4-2)12-17-16;1-3-13-5-9-15(10-6-13)16-11-7-14(4-2)8-12-16;1-3-12-5-8-14(9-6-12)15-10-7-13(4-2)11-16-15;1-3-11-5-7-13(8-6-11)14-15-9-12(4-2)10-16-14;1-3-11-5-7-14-10-12(4-2)6-8-13(14)9-11;1-3-10-5-6-12-7-11(4-2)9-14-13(12)8-10;1-3-10-5-6-11-8-13(4-2)14-9-12(11)7-10;1-3-9-5-7-10(4-2)8-6-9;15*1-2/h5-10,12H,3-4,11H2,1-2H3;5-12H,3-4H2,1-2H3;5-11H,3-4H2,1-2H3;5-10H,3-4H2,1-2H3;5-10H,3-4H2,1-2H3;2*5-9H,3-4H2,1-2H3;5-8H,3-4H2,1-2H3;15*1-2H3. The molecule has 6 heteroatoms. The van der Waals surface area contributed by atoms with Crippen molar-refractivity contribution in [2.24, 2.45) is 0 Å². The molecule has 6 nitrogen and oxygen atoms in total. The molecular weight excluding hydrogens is 1780 g/mol. The molecule has 0 saturated carbocycles. The molecule has 15 rings (SSSR count). The highest BCUT2D eigenvalue weighted by Crippen LogP contribution is 2.25. The normalized spacial score (nSPS) is 8.94. The van der Waals surface area contributed by atoms with Gasteiger partial charge in [-0.25, -0.2) is 9.97 Å². The molecule has 147 heavy (non-hydrogen) atoms. The van der Waals surface area contributed by atoms with E-state index >= 15 is 0 Å². The third kappa shape index (κ3) is 63.8. The molecule has 0 spiro atoms. The number of aryl methyl sites for hydroxylation is 16. The minimum Gasteiger partial charge on any atom is -0.261 e. The summed E-state index contributed by atoms with van der Waals surface area (Å²) < 4.78 is 0. The lowest BCUT2D eigenvalue weighted by Crippen LogP contribution is -1.93. The Balaban J connectivity index is -0.000000242. The van der Waals surface area contributed by atoms with Crippen LogP contribution in [-0.2, 0) is 109 Å². The molecule has 5 aromatic heterocycles. The van der Waals surface area contributed by atoms with Gasteiger partial charge in [0.2, 0.25) is 0 Å². The number of fused-ring (bicyclic) bond motifs is 3. The Labute approximate surface area is 910 Å². The van der Waals surface area contributed by atoms with Gasteiger partial charge in [0.15, 0.2) is 5.82 Å². The molecule has 0 fully saturated rings. The van der Waals surface area contributed by atoms with Crippen molar-refractivity contribution in [1.82, 2.24) is 29.9 Å². The van der Waals surface area contributed by atoms with E-state index in [2.05, 4.69) is 395 Å². The lowest BCUT2D eigenvalue weighted by atomic mass is 10.0. The van der Waals surface area contributed by atoms with Gasteiger partial charge in [0.1, 0.15) is 0 Å². The summed E-state index contributed by atoms with van der Waals surface area (Å²) in [7, 11) is 0. The van der Waals surface area contributed by atoms with Crippen molar-refractivity contribution in [1.29, 1.82) is 0 Å². The topological polar surface area (TPSA) is 77.3 Å². The average molecular weight is 2000 g/mol. The van der Waals surface area contributed by atoms with Crippen molar-refractivity contribution < 1.29 is 0 Å². The van der Waals surface area contributed by atoms with Crippen LogP contribution in [-0.4, -0.2) is 29.9 Å². The number of aromatic nitrogens is 6. The lowest BCUT2D eigenvalue weighted by molar-refractivity contribution is 1.03. The molecule has 10 aromatic carbocycles. The van der Waals surface area contributed by atoms with E-state index in [1.807, 2.05) is 245 Å². The monoisotopic (exact) mass is 2000 g/mol. The maximum atomic E-state index is 4.49. The first-order valence-corrected chi connectivity index (χ1v) is 58.7. The Morgan fingerprint density at radius 1 is 0.136 bits per heavy atom. The van der Waals surface area contributed by atoms with Gasteiger partial charge < -0.3 is 0 Å². The van der Waals surface area contributed by atoms with Crippen molar-refractivity contribution in [2.45, 2.75) is 428 Å². The molecule has 814 valence electrons. The summed E-state index contributed by atoms with van der Waals surface area (Å²) >= 11 is 0. The molecule has 0 N–H and O–H groups in total. The predicted octanol–water partition coefficient (Wildman–Crippen LogP) is 44.3. The first kappa shape index (κ1) is 151. The predicted molar refractivity (Wildman–Crippen MR) is 677 cm³/mol. The molecule has 0 amide bonds. The maximum absolute atomic E-state index is 4.49. The summed E-state index contributed by atoms with van der Waals surface area (Å²) in [5, 5.41) is 6.53. The molecule has 0 aliphatic rings. The van der Waals surface area contributed by atoms with E-state index in [0.29, 0.717) is 0 Å². The highest BCUT2D eigenvalue weighted by Gasteiger charge is 2.07. The van der Waals surface area contributed by atoms with Crippen LogP contribution < -0.4 is 0 Å². The molecule has 15 aromatic rings. The zero-order valence-electron chi connectivity index (χ0n) is 103. The molecular formula is C141H220N6. The highest BCUT2D eigenvalue weighted by molar-refractivity contribution is 5.84. The van der Waals surface area contributed by atoms with Crippen LogP contribution in [0, 0.1) is 0 Å². The van der Waals surface area contributed by atoms with Crippen LogP contribution in [0.15, 0.2) is 292 Å². The van der Waals surface area contributed by atoms with Gasteiger partial charge in [-0.2, -0.15) is 0 Å². The second-order valence-electron chi connectivity index (χ2n) is 29.6. The molecule has 0 saturated heterocycles. The van der Waals surface area contributed by atoms with Crippen LogP contribution >= 0.6 is 0 Å². The molecule has 0 unspecified atom stereocenters. The number of nitrogens with zero attached hydrogens (tertiary/aromatic N) is 6. The van der Waals surface area contributed by atoms with E-state index in [4.69, 9.17) is 0 Å². The van der Waals surface area contributed by atoms with Gasteiger partial charge in [-0.1, -0.05) is 537 Å². The number of hydrogen-bond acceptors (Lipinski definition) is 6. The summed E-state index contributed by atoms with van der Waals surface area (Å²) in [4.78, 5) is 26.6. The highest BCUT2D eigenvalue weighted by atomic mass is 14.9. The third-order valence-corrected chi connectivity index (χ3v) is 21.7. The second-order valence-corrected chi connectivity index (χ2v) is 29.6. The first-order valence-electron chi connectivity index (χ1n) is 58.7. The van der Waals surface area contributed by atoms with E-state index in [9.17, 15) is 0 Å². The van der Waals surface area contributed by atoms with Gasteiger partial charge in [0, 0.05) is 76.9 Å². The fourth-order valence-corrected chi connectivity index (χ4v) is 13.1. The van der Waals surface area contributed by atoms with Crippen LogP contribution in [0.1, 0.15) is 419 Å². The van der Waals surface area contributed by atoms with E-state index in [0.717, 1.165) is 137 Å². The largest absolute Gasteiger partial charge is 0.261 e. The van der Waals surface area contributed by atoms with Gasteiger partial charge in [0.05, 0.1) is 11.2 Å². The van der Waals surface area contributed by atoms with Crippen molar-refractivity contribution >= 4 is 32.4 Å². The molecule has 5 heterocycles. The van der Waals surface area contributed by atoms with E-state index in [1.165, 1.54) is 138 Å². The van der Waals surface area contributed by atoms with Gasteiger partial charge >= 0.3 is 0 Å². The molecule has 0 radical (unpaired) electrons. The summed E-state index contributed by atoms with van der Waals surface area (Å²) in [6.45, 7) is 94.7. The Morgan fingerprint density at radius 2 is 0.367 bits per heavy atom. The fourth-order valence-electron chi connectivity index (χ4n) is 13.1. The van der Waals surface area contributed by atoms with Crippen LogP contribution in [0.3, 0.4) is 0 Å². The number of benzene rings is 10. The van der Waals surface area contributed by atoms with E-state index in [1.54, 1.807) is 0 Å². The third-order valence-electron chi connectivity index (χ3n) is 21.7. The molecule has 0 bridgehead atoms. The zero-order valence-corrected chi connectivity index (χ0v) is 103. The Kier molecular flexibility index (Phi) is 110. The van der Waals surface area contributed by atoms with Crippen molar-refractivity contribution in [3.8, 4) is 33.8 Å². The van der Waals surface area contributed by atoms with Crippen molar-refractivity contribution in [3.63, 3.8) is 0 Å². The van der Waals surface area contributed by atoms with E-state index < -0.39 is 0 Å². The fraction of sp³-hybridized carbons (Fsp3) is 0.447. The summed E-state index contributed by atoms with van der Waals surface area (Å²) in [5.41, 5.74) is 31.1. The molecule has 0 aliphatic heterocycles. The average Bonchev–Trinajstić information content (AvgIpc) is 0.852. The number of pyridine rings is 4. The van der Waals surface area contributed by atoms with Crippen molar-refractivity contribution in [3.05, 3.63) is 392 Å². The number of rotatable bonds is 21. The molecule has 0 atom stereocenters. The van der Waals surface area contributed by atoms with Gasteiger partial charge in [-0.15, -0.1) is 0 Å². The van der Waals surface area contributed by atoms with Gasteiger partial charge in [-0.3, -0.25) is 19.9 Å². The van der Waals surface area contributed by atoms with Crippen molar-refractivity contribution in [2.75, 3.05) is 0 Å². The first-order chi connectivity index (χ1) is 72.2. The second kappa shape index (κ2) is 107. The zero-order chi connectivity index (χ0) is 114. The smallest absolute Gasteiger partial charge is 0.159 e. The Hall–Kier alpha value is -11.3. The Bertz CT molecular complexity index is 4550. The summed E-state index contributed by atoms with van der Waals surface area (Å²) in [5.74, 6) is 0.805. The van der Waals surface area contributed by atoms with Gasteiger partial charge in [-0.05, 0) is 255 Å².